The van der Waals surface area contributed by atoms with E-state index in [1.807, 2.05) is 0 Å². The molecule has 1 saturated carbocycles. The Balaban J connectivity index is 0.00000147. The third-order valence-corrected chi connectivity index (χ3v) is 3.53. The molecule has 3 rings (SSSR count). The van der Waals surface area contributed by atoms with E-state index in [0.29, 0.717) is 5.82 Å². The summed E-state index contributed by atoms with van der Waals surface area (Å²) in [7, 11) is 0. The predicted molar refractivity (Wildman–Crippen MR) is 71.2 cm³/mol. The first-order chi connectivity index (χ1) is 9.08. The molecule has 1 aromatic heterocycles. The summed E-state index contributed by atoms with van der Waals surface area (Å²) in [4.78, 5) is 4.16. The molecule has 108 valence electrons. The summed E-state index contributed by atoms with van der Waals surface area (Å²) in [6, 6.07) is 3.21. The SMILES string of the molecule is Cl.NC1(c2noc(-c3ccc(F)cc3F)n2)CCCC1. The third-order valence-electron chi connectivity index (χ3n) is 3.53. The van der Waals surface area contributed by atoms with E-state index in [4.69, 9.17) is 10.3 Å². The first kappa shape index (κ1) is 14.9. The van der Waals surface area contributed by atoms with Gasteiger partial charge in [0.05, 0.1) is 11.1 Å². The fourth-order valence-electron chi connectivity index (χ4n) is 2.43. The summed E-state index contributed by atoms with van der Waals surface area (Å²) in [6.07, 6.45) is 3.62. The number of nitrogens with zero attached hydrogens (tertiary/aromatic N) is 2. The minimum atomic E-state index is -0.729. The fraction of sp³-hybridized carbons (Fsp3) is 0.385. The molecule has 1 aliphatic carbocycles. The van der Waals surface area contributed by atoms with Crippen LogP contribution in [0.15, 0.2) is 22.7 Å². The van der Waals surface area contributed by atoms with E-state index in [1.54, 1.807) is 0 Å². The monoisotopic (exact) mass is 301 g/mol. The van der Waals surface area contributed by atoms with Crippen molar-refractivity contribution in [3.8, 4) is 11.5 Å². The van der Waals surface area contributed by atoms with Gasteiger partial charge in [-0.1, -0.05) is 18.0 Å². The Morgan fingerprint density at radius 3 is 2.55 bits per heavy atom. The van der Waals surface area contributed by atoms with Crippen molar-refractivity contribution in [3.63, 3.8) is 0 Å². The molecule has 4 nitrogen and oxygen atoms in total. The summed E-state index contributed by atoms with van der Waals surface area (Å²) in [5, 5.41) is 3.84. The number of hydrogen-bond acceptors (Lipinski definition) is 4. The molecular weight excluding hydrogens is 288 g/mol. The molecule has 1 fully saturated rings. The zero-order valence-corrected chi connectivity index (χ0v) is 11.4. The first-order valence-corrected chi connectivity index (χ1v) is 6.17. The van der Waals surface area contributed by atoms with Gasteiger partial charge in [0, 0.05) is 6.07 Å². The lowest BCUT2D eigenvalue weighted by Gasteiger charge is -2.17. The van der Waals surface area contributed by atoms with Crippen LogP contribution in [0.4, 0.5) is 8.78 Å². The van der Waals surface area contributed by atoms with Gasteiger partial charge < -0.3 is 10.3 Å². The summed E-state index contributed by atoms with van der Waals surface area (Å²) in [6.45, 7) is 0. The van der Waals surface area contributed by atoms with E-state index >= 15 is 0 Å². The van der Waals surface area contributed by atoms with Crippen molar-refractivity contribution in [2.75, 3.05) is 0 Å². The van der Waals surface area contributed by atoms with E-state index in [0.717, 1.165) is 37.8 Å². The first-order valence-electron chi connectivity index (χ1n) is 6.17. The molecular formula is C13H14ClF2N3O. The lowest BCUT2D eigenvalue weighted by atomic mass is 9.99. The van der Waals surface area contributed by atoms with E-state index in [2.05, 4.69) is 10.1 Å². The predicted octanol–water partition coefficient (Wildman–Crippen LogP) is 3.16. The summed E-state index contributed by atoms with van der Waals surface area (Å²) < 4.78 is 31.5. The fourth-order valence-corrected chi connectivity index (χ4v) is 2.43. The number of benzene rings is 1. The second-order valence-electron chi connectivity index (χ2n) is 4.91. The van der Waals surface area contributed by atoms with Gasteiger partial charge in [-0.05, 0) is 25.0 Å². The quantitative estimate of drug-likeness (QED) is 0.925. The van der Waals surface area contributed by atoms with Crippen LogP contribution < -0.4 is 5.73 Å². The van der Waals surface area contributed by atoms with E-state index in [1.165, 1.54) is 6.07 Å². The highest BCUT2D eigenvalue weighted by molar-refractivity contribution is 5.85. The molecule has 1 heterocycles. The smallest absolute Gasteiger partial charge is 0.260 e. The Kier molecular flexibility index (Phi) is 4.06. The Labute approximate surface area is 120 Å². The molecule has 0 saturated heterocycles. The maximum atomic E-state index is 13.6. The van der Waals surface area contributed by atoms with Crippen molar-refractivity contribution in [2.24, 2.45) is 5.73 Å². The van der Waals surface area contributed by atoms with Crippen LogP contribution in [-0.2, 0) is 5.54 Å². The molecule has 0 radical (unpaired) electrons. The van der Waals surface area contributed by atoms with Crippen molar-refractivity contribution in [1.29, 1.82) is 0 Å². The van der Waals surface area contributed by atoms with Gasteiger partial charge in [0.25, 0.3) is 5.89 Å². The molecule has 0 bridgehead atoms. The molecule has 1 aromatic carbocycles. The number of aromatic nitrogens is 2. The highest BCUT2D eigenvalue weighted by atomic mass is 35.5. The second kappa shape index (κ2) is 5.46. The topological polar surface area (TPSA) is 64.9 Å². The van der Waals surface area contributed by atoms with E-state index in [9.17, 15) is 8.78 Å². The largest absolute Gasteiger partial charge is 0.334 e. The molecule has 0 atom stereocenters. The summed E-state index contributed by atoms with van der Waals surface area (Å²) >= 11 is 0. The van der Waals surface area contributed by atoms with Gasteiger partial charge in [-0.3, -0.25) is 0 Å². The number of rotatable bonds is 2. The average Bonchev–Trinajstić information content (AvgIpc) is 2.99. The van der Waals surface area contributed by atoms with Crippen LogP contribution in [0, 0.1) is 11.6 Å². The standard InChI is InChI=1S/C13H13F2N3O.ClH/c14-8-3-4-9(10(15)7-8)11-17-12(18-19-11)13(16)5-1-2-6-13;/h3-4,7H,1-2,5-6,16H2;1H. The van der Waals surface area contributed by atoms with Crippen LogP contribution in [0.2, 0.25) is 0 Å². The Morgan fingerprint density at radius 1 is 1.20 bits per heavy atom. The Bertz CT molecular complexity index is 611. The highest BCUT2D eigenvalue weighted by Crippen LogP contribution is 2.35. The highest BCUT2D eigenvalue weighted by Gasteiger charge is 2.36. The van der Waals surface area contributed by atoms with Crippen molar-refractivity contribution in [1.82, 2.24) is 10.1 Å². The third kappa shape index (κ3) is 2.53. The molecule has 0 amide bonds. The zero-order valence-electron chi connectivity index (χ0n) is 10.6. The van der Waals surface area contributed by atoms with Gasteiger partial charge in [0.1, 0.15) is 11.6 Å². The normalized spacial score (nSPS) is 16.9. The molecule has 2 N–H and O–H groups in total. The Morgan fingerprint density at radius 2 is 1.90 bits per heavy atom. The van der Waals surface area contributed by atoms with Crippen LogP contribution in [0.1, 0.15) is 31.5 Å². The van der Waals surface area contributed by atoms with Gasteiger partial charge >= 0.3 is 0 Å². The number of nitrogens with two attached hydrogens (primary N) is 1. The van der Waals surface area contributed by atoms with Crippen molar-refractivity contribution >= 4 is 12.4 Å². The van der Waals surface area contributed by atoms with Crippen molar-refractivity contribution < 1.29 is 13.3 Å². The summed E-state index contributed by atoms with van der Waals surface area (Å²) in [5.74, 6) is -0.951. The molecule has 20 heavy (non-hydrogen) atoms. The van der Waals surface area contributed by atoms with Crippen LogP contribution >= 0.6 is 12.4 Å². The minimum absolute atomic E-state index is 0. The van der Waals surface area contributed by atoms with Gasteiger partial charge in [0.15, 0.2) is 5.82 Å². The minimum Gasteiger partial charge on any atom is -0.334 e. The van der Waals surface area contributed by atoms with Gasteiger partial charge in [-0.25, -0.2) is 8.78 Å². The van der Waals surface area contributed by atoms with Crippen LogP contribution in [0.25, 0.3) is 11.5 Å². The molecule has 2 aromatic rings. The van der Waals surface area contributed by atoms with E-state index < -0.39 is 17.2 Å². The lowest BCUT2D eigenvalue weighted by molar-refractivity contribution is 0.372. The summed E-state index contributed by atoms with van der Waals surface area (Å²) in [5.41, 5.74) is 5.70. The van der Waals surface area contributed by atoms with Gasteiger partial charge in [0.2, 0.25) is 0 Å². The molecule has 7 heteroatoms. The lowest BCUT2D eigenvalue weighted by Crippen LogP contribution is -2.34. The Hall–Kier alpha value is -1.53. The zero-order chi connectivity index (χ0) is 13.5. The van der Waals surface area contributed by atoms with Crippen molar-refractivity contribution in [3.05, 3.63) is 35.7 Å². The number of halogens is 3. The molecule has 0 unspecified atom stereocenters. The maximum Gasteiger partial charge on any atom is 0.260 e. The number of hydrogen-bond donors (Lipinski definition) is 1. The second-order valence-corrected chi connectivity index (χ2v) is 4.91. The molecule has 1 aliphatic rings. The van der Waals surface area contributed by atoms with Gasteiger partial charge in [-0.15, -0.1) is 12.4 Å². The van der Waals surface area contributed by atoms with E-state index in [-0.39, 0.29) is 23.9 Å². The van der Waals surface area contributed by atoms with Crippen LogP contribution in [0.3, 0.4) is 0 Å². The van der Waals surface area contributed by atoms with Crippen molar-refractivity contribution in [2.45, 2.75) is 31.2 Å². The van der Waals surface area contributed by atoms with Crippen LogP contribution in [0.5, 0.6) is 0 Å². The maximum absolute atomic E-state index is 13.6. The van der Waals surface area contributed by atoms with Crippen LogP contribution in [-0.4, -0.2) is 10.1 Å². The molecule has 0 aliphatic heterocycles. The molecule has 0 spiro atoms. The van der Waals surface area contributed by atoms with Gasteiger partial charge in [-0.2, -0.15) is 4.98 Å². The average molecular weight is 302 g/mol.